The Bertz CT molecular complexity index is 1380. The number of aliphatic hydroxyl groups excluding tert-OH is 1. The number of para-hydroxylation sites is 1. The molecule has 0 spiro atoms. The Kier molecular flexibility index (Phi) is 7.50. The summed E-state index contributed by atoms with van der Waals surface area (Å²) >= 11 is 0. The van der Waals surface area contributed by atoms with Crippen LogP contribution in [0.4, 0.5) is 11.6 Å². The zero-order valence-electron chi connectivity index (χ0n) is 20.9. The first kappa shape index (κ1) is 25.3. The minimum Gasteiger partial charge on any atom is -0.495 e. The van der Waals surface area contributed by atoms with Crippen LogP contribution < -0.4 is 14.8 Å². The van der Waals surface area contributed by atoms with E-state index in [0.29, 0.717) is 11.9 Å². The molecule has 0 radical (unpaired) electrons. The Balaban J connectivity index is 0.00000280. The Labute approximate surface area is 222 Å². The lowest BCUT2D eigenvalue weighted by Crippen LogP contribution is -2.34. The molecule has 2 aliphatic heterocycles. The van der Waals surface area contributed by atoms with Crippen LogP contribution in [0.3, 0.4) is 0 Å². The second kappa shape index (κ2) is 11.0. The zero-order chi connectivity index (χ0) is 24.5. The van der Waals surface area contributed by atoms with Crippen LogP contribution in [0.1, 0.15) is 29.9 Å². The van der Waals surface area contributed by atoms with E-state index in [-0.39, 0.29) is 19.0 Å². The number of nitrogens with one attached hydrogen (secondary N) is 1. The quantitative estimate of drug-likeness (QED) is 0.365. The number of aromatic nitrogens is 3. The summed E-state index contributed by atoms with van der Waals surface area (Å²) < 4.78 is 13.6. The summed E-state index contributed by atoms with van der Waals surface area (Å²) in [6.07, 6.45) is 4.92. The van der Waals surface area contributed by atoms with E-state index in [2.05, 4.69) is 57.7 Å². The molecule has 2 aromatic carbocycles. The number of methoxy groups -OCH3 is 1. The molecule has 2 aliphatic rings. The molecule has 0 aliphatic carbocycles. The normalized spacial score (nSPS) is 15.7. The van der Waals surface area contributed by atoms with Crippen LogP contribution in [0.25, 0.3) is 16.8 Å². The van der Waals surface area contributed by atoms with E-state index in [9.17, 15) is 5.11 Å². The molecular formula is C28H32ClN5O3. The first-order valence-corrected chi connectivity index (χ1v) is 12.6. The molecule has 8 nitrogen and oxygen atoms in total. The van der Waals surface area contributed by atoms with Gasteiger partial charge in [0.05, 0.1) is 43.4 Å². The van der Waals surface area contributed by atoms with E-state index < -0.39 is 0 Å². The average Bonchev–Trinajstić information content (AvgIpc) is 3.57. The smallest absolute Gasteiger partial charge is 0.245 e. The molecule has 0 bridgehead atoms. The second-order valence-electron chi connectivity index (χ2n) is 9.45. The molecule has 0 amide bonds. The van der Waals surface area contributed by atoms with E-state index in [1.807, 2.05) is 16.8 Å². The Morgan fingerprint density at radius 3 is 2.81 bits per heavy atom. The van der Waals surface area contributed by atoms with Crippen LogP contribution in [0.2, 0.25) is 0 Å². The third kappa shape index (κ3) is 4.97. The number of rotatable bonds is 7. The number of β-amino-alcohol motifs (C(OH)–C–C–N with tert-alkyl or cyclic N) is 1. The molecule has 2 aromatic heterocycles. The summed E-state index contributed by atoms with van der Waals surface area (Å²) in [5.41, 5.74) is 6.28. The molecule has 9 heteroatoms. The van der Waals surface area contributed by atoms with Gasteiger partial charge in [0, 0.05) is 18.5 Å². The average molecular weight is 522 g/mol. The molecule has 4 heterocycles. The van der Waals surface area contributed by atoms with Crippen LogP contribution in [0, 0.1) is 0 Å². The van der Waals surface area contributed by atoms with Crippen LogP contribution in [-0.4, -0.2) is 64.6 Å². The fourth-order valence-electron chi connectivity index (χ4n) is 5.40. The molecule has 6 rings (SSSR count). The Morgan fingerprint density at radius 1 is 1.14 bits per heavy atom. The molecule has 37 heavy (non-hydrogen) atoms. The third-order valence-electron chi connectivity index (χ3n) is 7.34. The third-order valence-corrected chi connectivity index (χ3v) is 7.34. The predicted octanol–water partition coefficient (Wildman–Crippen LogP) is 4.68. The molecule has 1 saturated heterocycles. The van der Waals surface area contributed by atoms with Crippen molar-refractivity contribution in [3.63, 3.8) is 0 Å². The highest BCUT2D eigenvalue weighted by Gasteiger charge is 2.22. The topological polar surface area (TPSA) is 84.2 Å². The minimum absolute atomic E-state index is 0. The van der Waals surface area contributed by atoms with Crippen molar-refractivity contribution < 1.29 is 14.6 Å². The van der Waals surface area contributed by atoms with Gasteiger partial charge in [0.1, 0.15) is 11.5 Å². The number of halogens is 1. The fourth-order valence-corrected chi connectivity index (χ4v) is 5.40. The van der Waals surface area contributed by atoms with E-state index >= 15 is 0 Å². The van der Waals surface area contributed by atoms with Crippen LogP contribution in [0.5, 0.6) is 11.5 Å². The first-order valence-electron chi connectivity index (χ1n) is 12.6. The molecule has 194 valence electrons. The monoisotopic (exact) mass is 521 g/mol. The van der Waals surface area contributed by atoms with Gasteiger partial charge < -0.3 is 24.8 Å². The summed E-state index contributed by atoms with van der Waals surface area (Å²) in [4.78, 5) is 6.86. The van der Waals surface area contributed by atoms with Crippen molar-refractivity contribution in [3.8, 4) is 22.8 Å². The number of nitrogens with zero attached hydrogens (tertiary/aromatic N) is 4. The Hall–Kier alpha value is -3.33. The number of piperidine rings is 1. The fraction of sp³-hybridized carbons (Fsp3) is 0.357. The molecular weight excluding hydrogens is 490 g/mol. The summed E-state index contributed by atoms with van der Waals surface area (Å²) in [7, 11) is 1.69. The highest BCUT2D eigenvalue weighted by atomic mass is 35.5. The summed E-state index contributed by atoms with van der Waals surface area (Å²) in [5, 5.41) is 17.4. The largest absolute Gasteiger partial charge is 0.495 e. The van der Waals surface area contributed by atoms with Crippen molar-refractivity contribution in [2.24, 2.45) is 0 Å². The number of fused-ring (bicyclic) bond motifs is 2. The van der Waals surface area contributed by atoms with E-state index in [4.69, 9.17) is 14.6 Å². The second-order valence-corrected chi connectivity index (χ2v) is 9.45. The number of ether oxygens (including phenoxy) is 2. The maximum absolute atomic E-state index is 9.20. The number of anilines is 2. The van der Waals surface area contributed by atoms with E-state index in [0.717, 1.165) is 79.5 Å². The van der Waals surface area contributed by atoms with Gasteiger partial charge in [-0.2, -0.15) is 0 Å². The molecule has 1 fully saturated rings. The van der Waals surface area contributed by atoms with E-state index in [1.54, 1.807) is 7.11 Å². The molecule has 0 unspecified atom stereocenters. The van der Waals surface area contributed by atoms with Crippen molar-refractivity contribution >= 4 is 29.6 Å². The highest BCUT2D eigenvalue weighted by Crippen LogP contribution is 2.38. The Morgan fingerprint density at radius 2 is 2.00 bits per heavy atom. The lowest BCUT2D eigenvalue weighted by molar-refractivity contribution is 0.164. The zero-order valence-corrected chi connectivity index (χ0v) is 21.7. The number of likely N-dealkylation sites (tertiary alicyclic amines) is 1. The number of hydrogen-bond donors (Lipinski definition) is 2. The molecule has 0 saturated carbocycles. The van der Waals surface area contributed by atoms with Gasteiger partial charge in [-0.1, -0.05) is 18.2 Å². The van der Waals surface area contributed by atoms with Crippen molar-refractivity contribution in [2.75, 3.05) is 45.3 Å². The first-order chi connectivity index (χ1) is 17.7. The van der Waals surface area contributed by atoms with Gasteiger partial charge in [-0.3, -0.25) is 0 Å². The van der Waals surface area contributed by atoms with Gasteiger partial charge in [0.25, 0.3) is 0 Å². The van der Waals surface area contributed by atoms with Gasteiger partial charge in [-0.25, -0.2) is 9.50 Å². The lowest BCUT2D eigenvalue weighted by atomic mass is 9.89. The summed E-state index contributed by atoms with van der Waals surface area (Å²) in [5.74, 6) is 2.71. The van der Waals surface area contributed by atoms with Gasteiger partial charge in [0.15, 0.2) is 0 Å². The van der Waals surface area contributed by atoms with Crippen LogP contribution in [-0.2, 0) is 6.42 Å². The van der Waals surface area contributed by atoms with Crippen molar-refractivity contribution in [2.45, 2.75) is 25.2 Å². The highest BCUT2D eigenvalue weighted by molar-refractivity contribution is 5.85. The summed E-state index contributed by atoms with van der Waals surface area (Å²) in [6.45, 7) is 3.71. The molecule has 0 atom stereocenters. The number of aliphatic hydroxyl groups is 1. The summed E-state index contributed by atoms with van der Waals surface area (Å²) in [6, 6.07) is 16.7. The van der Waals surface area contributed by atoms with Gasteiger partial charge >= 0.3 is 0 Å². The standard InChI is InChI=1S/C28H31N5O3.ClH/c1-35-26-17-21(19-9-12-32(13-10-19)14-15-34)5-7-24(26)30-28-29-18-22-6-8-25(33(22)31-28)23-4-2-3-20-11-16-36-27(20)23;/h2-8,17-19,34H,9-16H2,1H3,(H,30,31);1H. The van der Waals surface area contributed by atoms with Gasteiger partial charge in [0.2, 0.25) is 5.95 Å². The lowest BCUT2D eigenvalue weighted by Gasteiger charge is -2.31. The molecule has 4 aromatic rings. The molecule has 2 N–H and O–H groups in total. The van der Waals surface area contributed by atoms with E-state index in [1.165, 1.54) is 11.1 Å². The van der Waals surface area contributed by atoms with Gasteiger partial charge in [-0.05, 0) is 73.3 Å². The predicted molar refractivity (Wildman–Crippen MR) is 147 cm³/mol. The van der Waals surface area contributed by atoms with Crippen LogP contribution >= 0.6 is 12.4 Å². The van der Waals surface area contributed by atoms with Crippen molar-refractivity contribution in [1.29, 1.82) is 0 Å². The number of benzene rings is 2. The van der Waals surface area contributed by atoms with Gasteiger partial charge in [-0.15, -0.1) is 17.5 Å². The number of hydrogen-bond acceptors (Lipinski definition) is 7. The maximum atomic E-state index is 9.20. The van der Waals surface area contributed by atoms with Crippen LogP contribution in [0.15, 0.2) is 54.7 Å². The van der Waals surface area contributed by atoms with Crippen molar-refractivity contribution in [1.82, 2.24) is 19.5 Å². The minimum atomic E-state index is 0. The SMILES string of the molecule is COc1cc(C2CCN(CCO)CC2)ccc1Nc1ncc2ccc(-c3cccc4c3OCC4)n2n1.Cl. The maximum Gasteiger partial charge on any atom is 0.245 e. The van der Waals surface area contributed by atoms with Crippen molar-refractivity contribution in [3.05, 3.63) is 65.9 Å².